The lowest BCUT2D eigenvalue weighted by Crippen LogP contribution is -2.34. The molecule has 0 spiro atoms. The fourth-order valence-corrected chi connectivity index (χ4v) is 3.67. The van der Waals surface area contributed by atoms with Crippen LogP contribution in [-0.4, -0.2) is 35.0 Å². The lowest BCUT2D eigenvalue weighted by Gasteiger charge is -2.17. The molecule has 0 saturated carbocycles. The van der Waals surface area contributed by atoms with Crippen LogP contribution in [0.1, 0.15) is 40.7 Å². The fraction of sp³-hybridized carbons (Fsp3) is 0.471. The average Bonchev–Trinajstić information content (AvgIpc) is 3.19. The molecule has 1 aliphatic rings. The smallest absolute Gasteiger partial charge is 0.254 e. The minimum Gasteiger partial charge on any atom is -0.349 e. The molecule has 23 heavy (non-hydrogen) atoms. The maximum absolute atomic E-state index is 12.4. The Morgan fingerprint density at radius 2 is 2.22 bits per heavy atom. The number of anilines is 1. The van der Waals surface area contributed by atoms with Crippen LogP contribution in [0.3, 0.4) is 0 Å². The number of nitrogens with zero attached hydrogens (tertiary/aromatic N) is 3. The molecule has 0 aromatic carbocycles. The molecule has 122 valence electrons. The largest absolute Gasteiger partial charge is 0.349 e. The predicted molar refractivity (Wildman–Crippen MR) is 93.2 cm³/mol. The summed E-state index contributed by atoms with van der Waals surface area (Å²) in [5.74, 6) is 0.641. The molecule has 1 N–H and O–H groups in total. The minimum absolute atomic E-state index is 0.0822. The van der Waals surface area contributed by atoms with E-state index in [0.29, 0.717) is 5.56 Å². The maximum Gasteiger partial charge on any atom is 0.254 e. The van der Waals surface area contributed by atoms with Gasteiger partial charge in [0.1, 0.15) is 0 Å². The van der Waals surface area contributed by atoms with Gasteiger partial charge in [-0.15, -0.1) is 11.3 Å². The third-order valence-corrected chi connectivity index (χ3v) is 4.96. The minimum atomic E-state index is -0.0977. The zero-order valence-corrected chi connectivity index (χ0v) is 14.4. The number of hydrogen-bond donors (Lipinski definition) is 1. The molecule has 3 rings (SSSR count). The van der Waals surface area contributed by atoms with Crippen molar-refractivity contribution in [1.82, 2.24) is 15.3 Å². The Kier molecular flexibility index (Phi) is 4.91. The molecule has 0 bridgehead atoms. The first-order valence-electron chi connectivity index (χ1n) is 8.05. The second-order valence-corrected chi connectivity index (χ2v) is 7.05. The molecule has 3 heterocycles. The number of amides is 1. The van der Waals surface area contributed by atoms with Crippen LogP contribution in [-0.2, 0) is 6.42 Å². The van der Waals surface area contributed by atoms with Crippen molar-refractivity contribution in [3.63, 3.8) is 0 Å². The average molecular weight is 330 g/mol. The first-order valence-corrected chi connectivity index (χ1v) is 8.93. The number of aromatic nitrogens is 2. The third kappa shape index (κ3) is 3.88. The zero-order chi connectivity index (χ0) is 16.2. The van der Waals surface area contributed by atoms with E-state index < -0.39 is 0 Å². The van der Waals surface area contributed by atoms with Crippen molar-refractivity contribution in [2.24, 2.45) is 0 Å². The molecule has 6 heteroatoms. The summed E-state index contributed by atoms with van der Waals surface area (Å²) in [6.07, 6.45) is 4.87. The molecule has 1 fully saturated rings. The molecular formula is C17H22N4OS. The van der Waals surface area contributed by atoms with E-state index in [9.17, 15) is 4.79 Å². The SMILES string of the molecule is Cc1nc(N2CCCC2)ncc1C(=O)NC(C)Cc1cccs1. The molecule has 0 radical (unpaired) electrons. The number of thiophene rings is 1. The molecular weight excluding hydrogens is 308 g/mol. The lowest BCUT2D eigenvalue weighted by molar-refractivity contribution is 0.0939. The van der Waals surface area contributed by atoms with Gasteiger partial charge >= 0.3 is 0 Å². The third-order valence-electron chi connectivity index (χ3n) is 4.07. The van der Waals surface area contributed by atoms with Crippen LogP contribution in [0, 0.1) is 6.92 Å². The Morgan fingerprint density at radius 1 is 1.43 bits per heavy atom. The second-order valence-electron chi connectivity index (χ2n) is 6.02. The monoisotopic (exact) mass is 330 g/mol. The molecule has 1 amide bonds. The summed E-state index contributed by atoms with van der Waals surface area (Å²) >= 11 is 1.71. The molecule has 5 nitrogen and oxygen atoms in total. The van der Waals surface area contributed by atoms with Crippen molar-refractivity contribution in [3.8, 4) is 0 Å². The van der Waals surface area contributed by atoms with Gasteiger partial charge in [-0.1, -0.05) is 6.07 Å². The van der Waals surface area contributed by atoms with Gasteiger partial charge in [0.15, 0.2) is 0 Å². The van der Waals surface area contributed by atoms with Crippen molar-refractivity contribution in [2.45, 2.75) is 39.2 Å². The van der Waals surface area contributed by atoms with Gasteiger partial charge in [0.05, 0.1) is 11.3 Å². The number of rotatable bonds is 5. The van der Waals surface area contributed by atoms with Gasteiger partial charge in [-0.25, -0.2) is 9.97 Å². The second kappa shape index (κ2) is 7.08. The maximum atomic E-state index is 12.4. The van der Waals surface area contributed by atoms with Crippen LogP contribution in [0.2, 0.25) is 0 Å². The van der Waals surface area contributed by atoms with Gasteiger partial charge in [0.2, 0.25) is 5.95 Å². The van der Waals surface area contributed by atoms with Crippen LogP contribution in [0.15, 0.2) is 23.7 Å². The highest BCUT2D eigenvalue weighted by molar-refractivity contribution is 7.09. The summed E-state index contributed by atoms with van der Waals surface area (Å²) in [4.78, 5) is 24.8. The van der Waals surface area contributed by atoms with Gasteiger partial charge in [-0.2, -0.15) is 0 Å². The van der Waals surface area contributed by atoms with E-state index in [4.69, 9.17) is 0 Å². The summed E-state index contributed by atoms with van der Waals surface area (Å²) in [6, 6.07) is 4.20. The predicted octanol–water partition coefficient (Wildman–Crippen LogP) is 2.81. The van der Waals surface area contributed by atoms with E-state index in [1.54, 1.807) is 17.5 Å². The van der Waals surface area contributed by atoms with Crippen molar-refractivity contribution in [2.75, 3.05) is 18.0 Å². The Labute approximate surface area is 140 Å². The number of carbonyl (C=O) groups excluding carboxylic acids is 1. The number of carbonyl (C=O) groups is 1. The standard InChI is InChI=1S/C17H22N4OS/c1-12(10-14-6-5-9-23-14)19-16(22)15-11-18-17(20-13(15)2)21-7-3-4-8-21/h5-6,9,11-12H,3-4,7-8,10H2,1-2H3,(H,19,22). The van der Waals surface area contributed by atoms with E-state index in [1.165, 1.54) is 17.7 Å². The van der Waals surface area contributed by atoms with Crippen molar-refractivity contribution in [1.29, 1.82) is 0 Å². The number of hydrogen-bond acceptors (Lipinski definition) is 5. The van der Waals surface area contributed by atoms with Gasteiger partial charge in [0.25, 0.3) is 5.91 Å². The normalized spacial score (nSPS) is 15.7. The summed E-state index contributed by atoms with van der Waals surface area (Å²) in [7, 11) is 0. The van der Waals surface area contributed by atoms with Gasteiger partial charge < -0.3 is 10.2 Å². The Bertz CT molecular complexity index is 665. The van der Waals surface area contributed by atoms with E-state index in [-0.39, 0.29) is 11.9 Å². The number of aryl methyl sites for hydroxylation is 1. The highest BCUT2D eigenvalue weighted by Gasteiger charge is 2.18. The quantitative estimate of drug-likeness (QED) is 0.916. The number of nitrogens with one attached hydrogen (secondary N) is 1. The van der Waals surface area contributed by atoms with Gasteiger partial charge in [0, 0.05) is 36.6 Å². The highest BCUT2D eigenvalue weighted by Crippen LogP contribution is 2.17. The summed E-state index contributed by atoms with van der Waals surface area (Å²) in [5.41, 5.74) is 1.30. The summed E-state index contributed by atoms with van der Waals surface area (Å²) in [6.45, 7) is 5.90. The van der Waals surface area contributed by atoms with E-state index in [1.807, 2.05) is 19.9 Å². The molecule has 1 unspecified atom stereocenters. The van der Waals surface area contributed by atoms with Crippen LogP contribution < -0.4 is 10.2 Å². The topological polar surface area (TPSA) is 58.1 Å². The van der Waals surface area contributed by atoms with Gasteiger partial charge in [-0.05, 0) is 38.1 Å². The highest BCUT2D eigenvalue weighted by atomic mass is 32.1. The van der Waals surface area contributed by atoms with Gasteiger partial charge in [-0.3, -0.25) is 4.79 Å². The molecule has 1 aliphatic heterocycles. The Morgan fingerprint density at radius 3 is 2.87 bits per heavy atom. The lowest BCUT2D eigenvalue weighted by atomic mass is 10.1. The van der Waals surface area contributed by atoms with E-state index in [0.717, 1.165) is 31.2 Å². The van der Waals surface area contributed by atoms with Crippen molar-refractivity contribution >= 4 is 23.2 Å². The first kappa shape index (κ1) is 15.9. The Balaban J connectivity index is 1.64. The van der Waals surface area contributed by atoms with E-state index >= 15 is 0 Å². The van der Waals surface area contributed by atoms with Crippen LogP contribution in [0.25, 0.3) is 0 Å². The molecule has 1 atom stereocenters. The zero-order valence-electron chi connectivity index (χ0n) is 13.6. The van der Waals surface area contributed by atoms with Crippen molar-refractivity contribution < 1.29 is 4.79 Å². The molecule has 0 aliphatic carbocycles. The molecule has 2 aromatic rings. The van der Waals surface area contributed by atoms with Crippen LogP contribution in [0.5, 0.6) is 0 Å². The Hall–Kier alpha value is -1.95. The van der Waals surface area contributed by atoms with Crippen molar-refractivity contribution in [3.05, 3.63) is 39.8 Å². The van der Waals surface area contributed by atoms with Crippen LogP contribution in [0.4, 0.5) is 5.95 Å². The first-order chi connectivity index (χ1) is 11.1. The van der Waals surface area contributed by atoms with Crippen LogP contribution >= 0.6 is 11.3 Å². The van der Waals surface area contributed by atoms with E-state index in [2.05, 4.69) is 31.6 Å². The summed E-state index contributed by atoms with van der Waals surface area (Å²) in [5, 5.41) is 5.09. The molecule has 1 saturated heterocycles. The summed E-state index contributed by atoms with van der Waals surface area (Å²) < 4.78 is 0. The molecule has 2 aromatic heterocycles. The fourth-order valence-electron chi connectivity index (χ4n) is 2.83.